The average Bonchev–Trinajstić information content (AvgIpc) is 3.22. The molecule has 4 rings (SSSR count). The van der Waals surface area contributed by atoms with E-state index < -0.39 is 12.7 Å². The molecule has 0 saturated carbocycles. The molecule has 0 radical (unpaired) electrons. The predicted octanol–water partition coefficient (Wildman–Crippen LogP) is 4.15. The van der Waals surface area contributed by atoms with Gasteiger partial charge in [-0.1, -0.05) is 23.3 Å². The van der Waals surface area contributed by atoms with E-state index in [0.29, 0.717) is 11.5 Å². The number of nitrogens with zero attached hydrogens (tertiary/aromatic N) is 4. The Bertz CT molecular complexity index is 941. The molecule has 2 aromatic heterocycles. The van der Waals surface area contributed by atoms with Crippen molar-refractivity contribution in [3.05, 3.63) is 56.7 Å². The van der Waals surface area contributed by atoms with Crippen LogP contribution in [0.3, 0.4) is 0 Å². The Morgan fingerprint density at radius 3 is 2.84 bits per heavy atom. The molecule has 1 atom stereocenters. The van der Waals surface area contributed by atoms with E-state index in [4.69, 9.17) is 0 Å². The minimum Gasteiger partial charge on any atom is -0.434 e. The van der Waals surface area contributed by atoms with Crippen LogP contribution in [0.1, 0.15) is 16.5 Å². The second-order valence-corrected chi connectivity index (χ2v) is 7.58. The highest BCUT2D eigenvalue weighted by Gasteiger charge is 2.27. The van der Waals surface area contributed by atoms with Crippen LogP contribution < -0.4 is 10.1 Å². The summed E-state index contributed by atoms with van der Waals surface area (Å²) >= 11 is 4.98. The number of benzene rings is 1. The number of alkyl halides is 2. The van der Waals surface area contributed by atoms with Gasteiger partial charge < -0.3 is 10.1 Å². The van der Waals surface area contributed by atoms with Gasteiger partial charge in [-0.05, 0) is 50.6 Å². The van der Waals surface area contributed by atoms with Crippen molar-refractivity contribution >= 4 is 38.9 Å². The Morgan fingerprint density at radius 1 is 1.24 bits per heavy atom. The van der Waals surface area contributed by atoms with E-state index in [1.165, 1.54) is 10.7 Å². The van der Waals surface area contributed by atoms with Crippen molar-refractivity contribution in [3.63, 3.8) is 0 Å². The SMILES string of the molecule is FC(F)Oc1ccccc1[C@H]1C=C(c2ccc(Br)s2)Nc2nnnn21. The molecule has 0 saturated heterocycles. The van der Waals surface area contributed by atoms with Gasteiger partial charge in [0.05, 0.1) is 14.4 Å². The number of thiophene rings is 1. The summed E-state index contributed by atoms with van der Waals surface area (Å²) < 4.78 is 32.7. The largest absolute Gasteiger partial charge is 0.434 e. The standard InChI is InChI=1S/C15H10BrF2N5OS/c16-13-6-5-12(25-13)9-7-10(23-15(19-9)20-21-22-23)8-3-1-2-4-11(8)24-14(17)18/h1-7,10,14H,(H,19,20,22)/t10-/m1/s1. The Hall–Kier alpha value is -2.33. The number of allylic oxidation sites excluding steroid dienone is 1. The fourth-order valence-electron chi connectivity index (χ4n) is 2.61. The molecule has 1 N–H and O–H groups in total. The number of halogens is 3. The van der Waals surface area contributed by atoms with E-state index in [2.05, 4.69) is 41.5 Å². The van der Waals surface area contributed by atoms with Crippen LogP contribution in [0.25, 0.3) is 5.70 Å². The highest BCUT2D eigenvalue weighted by molar-refractivity contribution is 9.11. The number of nitrogens with one attached hydrogen (secondary N) is 1. The van der Waals surface area contributed by atoms with Gasteiger partial charge in [-0.3, -0.25) is 0 Å². The van der Waals surface area contributed by atoms with Crippen LogP contribution in [0.5, 0.6) is 5.75 Å². The van der Waals surface area contributed by atoms with Crippen LogP contribution in [-0.2, 0) is 0 Å². The molecular weight excluding hydrogens is 416 g/mol. The maximum Gasteiger partial charge on any atom is 0.387 e. The second-order valence-electron chi connectivity index (χ2n) is 5.12. The Morgan fingerprint density at radius 2 is 2.08 bits per heavy atom. The third kappa shape index (κ3) is 3.14. The number of ether oxygens (including phenoxy) is 1. The molecule has 3 aromatic rings. The molecule has 0 bridgehead atoms. The predicted molar refractivity (Wildman–Crippen MR) is 92.6 cm³/mol. The lowest BCUT2D eigenvalue weighted by Gasteiger charge is -2.24. The van der Waals surface area contributed by atoms with Crippen LogP contribution >= 0.6 is 27.3 Å². The molecule has 25 heavy (non-hydrogen) atoms. The van der Waals surface area contributed by atoms with Gasteiger partial charge in [0.25, 0.3) is 0 Å². The first-order valence-electron chi connectivity index (χ1n) is 7.18. The summed E-state index contributed by atoms with van der Waals surface area (Å²) in [7, 11) is 0. The summed E-state index contributed by atoms with van der Waals surface area (Å²) in [5.74, 6) is 0.521. The number of hydrogen-bond donors (Lipinski definition) is 1. The van der Waals surface area contributed by atoms with Gasteiger partial charge in [-0.15, -0.1) is 11.3 Å². The Kier molecular flexibility index (Phi) is 4.22. The fraction of sp³-hybridized carbons (Fsp3) is 0.133. The molecule has 6 nitrogen and oxygen atoms in total. The van der Waals surface area contributed by atoms with Gasteiger partial charge in [-0.25, -0.2) is 0 Å². The van der Waals surface area contributed by atoms with E-state index in [1.807, 2.05) is 18.2 Å². The van der Waals surface area contributed by atoms with Crippen molar-refractivity contribution in [2.75, 3.05) is 5.32 Å². The summed E-state index contributed by atoms with van der Waals surface area (Å²) in [6.45, 7) is -2.91. The third-order valence-electron chi connectivity index (χ3n) is 3.62. The zero-order valence-electron chi connectivity index (χ0n) is 12.4. The van der Waals surface area contributed by atoms with Gasteiger partial charge in [0, 0.05) is 5.56 Å². The molecule has 0 unspecified atom stereocenters. The Balaban J connectivity index is 1.81. The van der Waals surface area contributed by atoms with E-state index in [0.717, 1.165) is 14.4 Å². The van der Waals surface area contributed by atoms with E-state index >= 15 is 0 Å². The van der Waals surface area contributed by atoms with Crippen LogP contribution in [0.4, 0.5) is 14.7 Å². The van der Waals surface area contributed by atoms with Gasteiger partial charge in [0.1, 0.15) is 11.8 Å². The maximum atomic E-state index is 12.7. The lowest BCUT2D eigenvalue weighted by molar-refractivity contribution is -0.0506. The maximum absolute atomic E-state index is 12.7. The normalized spacial score (nSPS) is 16.3. The molecule has 0 amide bonds. The van der Waals surface area contributed by atoms with Crippen molar-refractivity contribution < 1.29 is 13.5 Å². The molecule has 1 aliphatic heterocycles. The minimum absolute atomic E-state index is 0.0915. The number of aromatic nitrogens is 4. The first-order chi connectivity index (χ1) is 12.1. The summed E-state index contributed by atoms with van der Waals surface area (Å²) in [6, 6.07) is 10.0. The van der Waals surface area contributed by atoms with Gasteiger partial charge >= 0.3 is 6.61 Å². The molecule has 1 aliphatic rings. The fourth-order valence-corrected chi connectivity index (χ4v) is 3.97. The van der Waals surface area contributed by atoms with Crippen LogP contribution in [0, 0.1) is 0 Å². The minimum atomic E-state index is -2.91. The van der Waals surface area contributed by atoms with Gasteiger partial charge in [0.2, 0.25) is 5.95 Å². The van der Waals surface area contributed by atoms with Crippen molar-refractivity contribution in [1.82, 2.24) is 20.2 Å². The summed E-state index contributed by atoms with van der Waals surface area (Å²) in [4.78, 5) is 0.971. The number of fused-ring (bicyclic) bond motifs is 1. The summed E-state index contributed by atoms with van der Waals surface area (Å²) in [6.07, 6.45) is 1.88. The Labute approximate surface area is 153 Å². The molecular formula is C15H10BrF2N5OS. The number of anilines is 1. The van der Waals surface area contributed by atoms with E-state index in [-0.39, 0.29) is 5.75 Å². The molecule has 10 heteroatoms. The van der Waals surface area contributed by atoms with Gasteiger partial charge in [0.15, 0.2) is 0 Å². The van der Waals surface area contributed by atoms with Crippen molar-refractivity contribution in [3.8, 4) is 5.75 Å². The first kappa shape index (κ1) is 16.2. The molecule has 0 fully saturated rings. The smallest absolute Gasteiger partial charge is 0.387 e. The molecule has 0 aliphatic carbocycles. The molecule has 3 heterocycles. The van der Waals surface area contributed by atoms with Crippen LogP contribution in [-0.4, -0.2) is 26.8 Å². The lowest BCUT2D eigenvalue weighted by Crippen LogP contribution is -2.21. The lowest BCUT2D eigenvalue weighted by atomic mass is 10.0. The first-order valence-corrected chi connectivity index (χ1v) is 8.79. The highest BCUT2D eigenvalue weighted by atomic mass is 79.9. The average molecular weight is 426 g/mol. The quantitative estimate of drug-likeness (QED) is 0.679. The van der Waals surface area contributed by atoms with Crippen LogP contribution in [0.15, 0.2) is 46.3 Å². The number of para-hydroxylation sites is 1. The van der Waals surface area contributed by atoms with Crippen molar-refractivity contribution in [1.29, 1.82) is 0 Å². The second kappa shape index (κ2) is 6.52. The zero-order chi connectivity index (χ0) is 17.4. The zero-order valence-corrected chi connectivity index (χ0v) is 14.8. The molecule has 1 aromatic carbocycles. The summed E-state index contributed by atoms with van der Waals surface area (Å²) in [5, 5.41) is 14.8. The molecule has 128 valence electrons. The van der Waals surface area contributed by atoms with E-state index in [9.17, 15) is 8.78 Å². The number of hydrogen-bond acceptors (Lipinski definition) is 6. The van der Waals surface area contributed by atoms with Gasteiger partial charge in [-0.2, -0.15) is 13.5 Å². The monoisotopic (exact) mass is 425 g/mol. The topological polar surface area (TPSA) is 64.9 Å². The highest BCUT2D eigenvalue weighted by Crippen LogP contribution is 2.38. The number of tetrazole rings is 1. The third-order valence-corrected chi connectivity index (χ3v) is 5.28. The number of rotatable bonds is 4. The van der Waals surface area contributed by atoms with E-state index in [1.54, 1.807) is 29.5 Å². The van der Waals surface area contributed by atoms with Crippen molar-refractivity contribution in [2.45, 2.75) is 12.7 Å². The van der Waals surface area contributed by atoms with Crippen molar-refractivity contribution in [2.24, 2.45) is 0 Å². The van der Waals surface area contributed by atoms with Crippen LogP contribution in [0.2, 0.25) is 0 Å². The molecule has 0 spiro atoms. The summed E-state index contributed by atoms with van der Waals surface area (Å²) in [5.41, 5.74) is 1.35.